The molecule has 6 nitrogen and oxygen atoms in total. The van der Waals surface area contributed by atoms with Crippen LogP contribution in [-0.2, 0) is 21.2 Å². The Morgan fingerprint density at radius 1 is 1.24 bits per heavy atom. The first-order valence-electron chi connectivity index (χ1n) is 8.80. The van der Waals surface area contributed by atoms with E-state index in [0.29, 0.717) is 24.8 Å². The first-order chi connectivity index (χ1) is 11.7. The molecule has 0 spiro atoms. The van der Waals surface area contributed by atoms with Gasteiger partial charge in [0.1, 0.15) is 0 Å². The van der Waals surface area contributed by atoms with E-state index in [1.54, 1.807) is 12.1 Å². The van der Waals surface area contributed by atoms with E-state index in [-0.39, 0.29) is 16.8 Å². The van der Waals surface area contributed by atoms with Crippen LogP contribution < -0.4 is 10.5 Å². The van der Waals surface area contributed by atoms with E-state index >= 15 is 0 Å². The number of nitrogens with zero attached hydrogens (tertiary/aromatic N) is 1. The highest BCUT2D eigenvalue weighted by molar-refractivity contribution is 7.89. The van der Waals surface area contributed by atoms with Gasteiger partial charge in [-0.25, -0.2) is 13.6 Å². The predicted molar refractivity (Wildman–Crippen MR) is 98.5 cm³/mol. The number of likely N-dealkylation sites (tertiary alicyclic amines) is 1. The van der Waals surface area contributed by atoms with Gasteiger partial charge in [-0.3, -0.25) is 9.69 Å². The fourth-order valence-corrected chi connectivity index (χ4v) is 4.03. The monoisotopic (exact) mass is 367 g/mol. The number of primary sulfonamides is 1. The van der Waals surface area contributed by atoms with Gasteiger partial charge in [0.2, 0.25) is 15.9 Å². The molecule has 1 aliphatic rings. The Kier molecular flexibility index (Phi) is 6.59. The quantitative estimate of drug-likeness (QED) is 0.794. The molecular formula is C18H29N3O3S. The summed E-state index contributed by atoms with van der Waals surface area (Å²) in [4.78, 5) is 14.7. The van der Waals surface area contributed by atoms with Crippen LogP contribution in [0, 0.1) is 11.8 Å². The Morgan fingerprint density at radius 2 is 1.80 bits per heavy atom. The van der Waals surface area contributed by atoms with E-state index in [9.17, 15) is 13.2 Å². The van der Waals surface area contributed by atoms with E-state index in [1.807, 2.05) is 6.92 Å². The molecule has 3 N–H and O–H groups in total. The second-order valence-electron chi connectivity index (χ2n) is 7.31. The number of nitrogens with one attached hydrogen (secondary N) is 1. The van der Waals surface area contributed by atoms with Gasteiger partial charge in [0.25, 0.3) is 0 Å². The highest BCUT2D eigenvalue weighted by Gasteiger charge is 2.28. The van der Waals surface area contributed by atoms with Gasteiger partial charge >= 0.3 is 0 Å². The van der Waals surface area contributed by atoms with Crippen LogP contribution in [0.15, 0.2) is 29.2 Å². The highest BCUT2D eigenvalue weighted by Crippen LogP contribution is 2.22. The maximum Gasteiger partial charge on any atom is 0.238 e. The summed E-state index contributed by atoms with van der Waals surface area (Å²) in [5, 5.41) is 8.06. The maximum absolute atomic E-state index is 12.4. The number of amides is 1. The Bertz CT molecular complexity index is 678. The average molecular weight is 368 g/mol. The van der Waals surface area contributed by atoms with Gasteiger partial charge in [-0.15, -0.1) is 0 Å². The number of carbonyl (C=O) groups is 1. The van der Waals surface area contributed by atoms with Crippen molar-refractivity contribution in [1.29, 1.82) is 0 Å². The number of nitrogens with two attached hydrogens (primary N) is 1. The van der Waals surface area contributed by atoms with Crippen molar-refractivity contribution in [2.45, 2.75) is 44.6 Å². The molecule has 0 aliphatic carbocycles. The van der Waals surface area contributed by atoms with Gasteiger partial charge in [-0.1, -0.05) is 26.0 Å². The smallest absolute Gasteiger partial charge is 0.238 e. The number of benzene rings is 1. The van der Waals surface area contributed by atoms with Crippen LogP contribution in [0.5, 0.6) is 0 Å². The van der Waals surface area contributed by atoms with Crippen LogP contribution in [0.25, 0.3) is 0 Å². The lowest BCUT2D eigenvalue weighted by atomic mass is 9.91. The zero-order valence-corrected chi connectivity index (χ0v) is 16.1. The van der Waals surface area contributed by atoms with Crippen molar-refractivity contribution in [3.8, 4) is 0 Å². The summed E-state index contributed by atoms with van der Waals surface area (Å²) in [5.41, 5.74) is 0.959. The normalized spacial score (nSPS) is 23.2. The van der Waals surface area contributed by atoms with E-state index in [1.165, 1.54) is 18.6 Å². The Balaban J connectivity index is 1.81. The van der Waals surface area contributed by atoms with Crippen LogP contribution in [0.4, 0.5) is 0 Å². The fourth-order valence-electron chi connectivity index (χ4n) is 3.52. The van der Waals surface area contributed by atoms with Crippen LogP contribution >= 0.6 is 0 Å². The number of hydrogen-bond donors (Lipinski definition) is 2. The van der Waals surface area contributed by atoms with Crippen LogP contribution in [0.2, 0.25) is 0 Å². The van der Waals surface area contributed by atoms with Crippen LogP contribution in [-0.4, -0.2) is 44.9 Å². The summed E-state index contributed by atoms with van der Waals surface area (Å²) in [6, 6.07) is 6.30. The minimum absolute atomic E-state index is 0.0439. The number of sulfonamides is 1. The fraction of sp³-hybridized carbons (Fsp3) is 0.611. The number of rotatable bonds is 6. The molecule has 0 radical (unpaired) electrons. The van der Waals surface area contributed by atoms with Gasteiger partial charge in [0.15, 0.2) is 0 Å². The molecule has 0 bridgehead atoms. The largest absolute Gasteiger partial charge is 0.354 e. The molecule has 25 heavy (non-hydrogen) atoms. The predicted octanol–water partition coefficient (Wildman–Crippen LogP) is 1.36. The molecule has 0 saturated carbocycles. The second-order valence-corrected chi connectivity index (χ2v) is 8.87. The Morgan fingerprint density at radius 3 is 2.32 bits per heavy atom. The lowest BCUT2D eigenvalue weighted by molar-refractivity contribution is -0.126. The third kappa shape index (κ3) is 5.80. The number of piperidine rings is 1. The van der Waals surface area contributed by atoms with Crippen LogP contribution in [0.3, 0.4) is 0 Å². The minimum atomic E-state index is -3.66. The first kappa shape index (κ1) is 19.9. The summed E-state index contributed by atoms with van der Waals surface area (Å²) in [7, 11) is -3.66. The zero-order chi connectivity index (χ0) is 18.6. The lowest BCUT2D eigenvalue weighted by Gasteiger charge is -2.38. The molecule has 1 fully saturated rings. The number of hydrogen-bond acceptors (Lipinski definition) is 4. The van der Waals surface area contributed by atoms with Gasteiger partial charge < -0.3 is 5.32 Å². The second kappa shape index (κ2) is 8.29. The molecular weight excluding hydrogens is 338 g/mol. The molecule has 0 aromatic heterocycles. The molecule has 7 heteroatoms. The molecule has 2 rings (SSSR count). The molecule has 1 aromatic rings. The molecule has 140 valence electrons. The van der Waals surface area contributed by atoms with Gasteiger partial charge in [-0.2, -0.15) is 0 Å². The summed E-state index contributed by atoms with van der Waals surface area (Å²) in [6.45, 7) is 8.89. The summed E-state index contributed by atoms with van der Waals surface area (Å²) in [6.07, 6.45) is 1.87. The standard InChI is InChI=1S/C18H29N3O3S/c1-13-10-14(2)12-21(11-13)15(3)18(22)20-9-8-16-4-6-17(7-5-16)25(19,23)24/h4-7,13-15H,8-12H2,1-3H3,(H,20,22)(H2,19,23,24)/t13-,14+,15-/m0/s1. The Hall–Kier alpha value is -1.44. The van der Waals surface area contributed by atoms with E-state index in [0.717, 1.165) is 18.7 Å². The first-order valence-corrected chi connectivity index (χ1v) is 10.3. The molecule has 1 amide bonds. The summed E-state index contributed by atoms with van der Waals surface area (Å²) >= 11 is 0. The van der Waals surface area contributed by atoms with E-state index in [4.69, 9.17) is 5.14 Å². The van der Waals surface area contributed by atoms with Crippen molar-refractivity contribution in [2.24, 2.45) is 17.0 Å². The zero-order valence-electron chi connectivity index (χ0n) is 15.2. The Labute approximate surface area is 150 Å². The van der Waals surface area contributed by atoms with Crippen molar-refractivity contribution >= 4 is 15.9 Å². The van der Waals surface area contributed by atoms with Crippen molar-refractivity contribution in [3.63, 3.8) is 0 Å². The summed E-state index contributed by atoms with van der Waals surface area (Å²) in [5.74, 6) is 1.29. The minimum Gasteiger partial charge on any atom is -0.354 e. The molecule has 0 unspecified atom stereocenters. The van der Waals surface area contributed by atoms with E-state index < -0.39 is 10.0 Å². The van der Waals surface area contributed by atoms with E-state index in [2.05, 4.69) is 24.1 Å². The molecule has 1 saturated heterocycles. The topological polar surface area (TPSA) is 92.5 Å². The van der Waals surface area contributed by atoms with Gasteiger partial charge in [-0.05, 0) is 49.3 Å². The maximum atomic E-state index is 12.4. The molecule has 1 heterocycles. The van der Waals surface area contributed by atoms with Crippen molar-refractivity contribution in [3.05, 3.63) is 29.8 Å². The SMILES string of the molecule is C[C@@H]1C[C@H](C)CN([C@@H](C)C(=O)NCCc2ccc(S(N)(=O)=O)cc2)C1. The molecule has 1 aromatic carbocycles. The van der Waals surface area contributed by atoms with Gasteiger partial charge in [0, 0.05) is 19.6 Å². The number of carbonyl (C=O) groups excluding carboxylic acids is 1. The van der Waals surface area contributed by atoms with Gasteiger partial charge in [0.05, 0.1) is 10.9 Å². The van der Waals surface area contributed by atoms with Crippen molar-refractivity contribution in [1.82, 2.24) is 10.2 Å². The molecule has 1 aliphatic heterocycles. The molecule has 3 atom stereocenters. The average Bonchev–Trinajstić information content (AvgIpc) is 2.52. The third-order valence-corrected chi connectivity index (χ3v) is 5.72. The van der Waals surface area contributed by atoms with Crippen LogP contribution in [0.1, 0.15) is 32.8 Å². The third-order valence-electron chi connectivity index (χ3n) is 4.79. The van der Waals surface area contributed by atoms with Crippen molar-refractivity contribution in [2.75, 3.05) is 19.6 Å². The lowest BCUT2D eigenvalue weighted by Crippen LogP contribution is -2.50. The van der Waals surface area contributed by atoms with Crippen molar-refractivity contribution < 1.29 is 13.2 Å². The summed E-state index contributed by atoms with van der Waals surface area (Å²) < 4.78 is 22.5. The highest BCUT2D eigenvalue weighted by atomic mass is 32.2.